The molecule has 1 aliphatic carbocycles. The Labute approximate surface area is 105 Å². The third-order valence-electron chi connectivity index (χ3n) is 3.82. The van der Waals surface area contributed by atoms with Crippen LogP contribution in [0, 0.1) is 17.8 Å². The molecule has 0 aromatic carbocycles. The van der Waals surface area contributed by atoms with Gasteiger partial charge in [-0.05, 0) is 31.1 Å². The first-order valence-corrected chi connectivity index (χ1v) is 7.07. The molecule has 0 radical (unpaired) electrons. The van der Waals surface area contributed by atoms with Crippen molar-refractivity contribution in [3.05, 3.63) is 0 Å². The van der Waals surface area contributed by atoms with Crippen LogP contribution < -0.4 is 5.32 Å². The highest BCUT2D eigenvalue weighted by atomic mass is 16.1. The lowest BCUT2D eigenvalue weighted by molar-refractivity contribution is -0.125. The van der Waals surface area contributed by atoms with E-state index in [0.29, 0.717) is 12.0 Å². The highest BCUT2D eigenvalue weighted by molar-refractivity contribution is 5.78. The molecule has 17 heavy (non-hydrogen) atoms. The molecular weight excluding hydrogens is 212 g/mol. The second kappa shape index (κ2) is 5.38. The topological polar surface area (TPSA) is 32.3 Å². The van der Waals surface area contributed by atoms with Crippen LogP contribution >= 0.6 is 0 Å². The molecule has 1 N–H and O–H groups in total. The van der Waals surface area contributed by atoms with E-state index < -0.39 is 0 Å². The summed E-state index contributed by atoms with van der Waals surface area (Å²) in [5, 5.41) is 3.19. The smallest absolute Gasteiger partial charge is 0.222 e. The second-order valence-corrected chi connectivity index (χ2v) is 6.36. The zero-order chi connectivity index (χ0) is 12.4. The first-order valence-electron chi connectivity index (χ1n) is 7.07. The van der Waals surface area contributed by atoms with Crippen LogP contribution in [0.15, 0.2) is 0 Å². The predicted molar refractivity (Wildman–Crippen MR) is 69.7 cm³/mol. The van der Waals surface area contributed by atoms with Gasteiger partial charge in [0.2, 0.25) is 5.91 Å². The van der Waals surface area contributed by atoms with Gasteiger partial charge in [-0.25, -0.2) is 0 Å². The molecular formula is C14H26N2O. The standard InChI is InChI=1S/C14H26N2O/c1-10(2)14(17)15-13-6-11(3)7-16(9-13)8-12-4-5-12/h10-13H,4-9H2,1-3H3,(H,15,17). The summed E-state index contributed by atoms with van der Waals surface area (Å²) < 4.78 is 0. The Morgan fingerprint density at radius 3 is 2.65 bits per heavy atom. The number of rotatable bonds is 4. The lowest BCUT2D eigenvalue weighted by atomic mass is 9.95. The molecule has 1 saturated carbocycles. The fourth-order valence-electron chi connectivity index (χ4n) is 2.75. The van der Waals surface area contributed by atoms with E-state index in [0.717, 1.165) is 18.9 Å². The summed E-state index contributed by atoms with van der Waals surface area (Å²) in [5.74, 6) is 1.96. The third-order valence-corrected chi connectivity index (χ3v) is 3.82. The van der Waals surface area contributed by atoms with Crippen LogP contribution in [0.3, 0.4) is 0 Å². The summed E-state index contributed by atoms with van der Waals surface area (Å²) in [6.45, 7) is 9.74. The molecule has 3 heteroatoms. The van der Waals surface area contributed by atoms with E-state index in [1.54, 1.807) is 0 Å². The average molecular weight is 238 g/mol. The van der Waals surface area contributed by atoms with E-state index in [9.17, 15) is 4.79 Å². The molecule has 3 nitrogen and oxygen atoms in total. The Bertz CT molecular complexity index is 271. The molecule has 2 aliphatic rings. The number of nitrogens with zero attached hydrogens (tertiary/aromatic N) is 1. The maximum atomic E-state index is 11.7. The number of hydrogen-bond acceptors (Lipinski definition) is 2. The highest BCUT2D eigenvalue weighted by Gasteiger charge is 2.30. The largest absolute Gasteiger partial charge is 0.352 e. The molecule has 2 rings (SSSR count). The average Bonchev–Trinajstić information content (AvgIpc) is 3.00. The van der Waals surface area contributed by atoms with E-state index >= 15 is 0 Å². The molecule has 1 amide bonds. The van der Waals surface area contributed by atoms with Gasteiger partial charge in [-0.1, -0.05) is 20.8 Å². The maximum Gasteiger partial charge on any atom is 0.222 e. The van der Waals surface area contributed by atoms with Gasteiger partial charge in [-0.2, -0.15) is 0 Å². The quantitative estimate of drug-likeness (QED) is 0.811. The van der Waals surface area contributed by atoms with Crippen molar-refractivity contribution < 1.29 is 4.79 Å². The summed E-state index contributed by atoms with van der Waals surface area (Å²) in [6.07, 6.45) is 3.96. The zero-order valence-electron chi connectivity index (χ0n) is 11.4. The summed E-state index contributed by atoms with van der Waals surface area (Å²) in [4.78, 5) is 14.3. The minimum Gasteiger partial charge on any atom is -0.352 e. The van der Waals surface area contributed by atoms with E-state index in [4.69, 9.17) is 0 Å². The molecule has 98 valence electrons. The van der Waals surface area contributed by atoms with Gasteiger partial charge < -0.3 is 10.2 Å². The van der Waals surface area contributed by atoms with E-state index in [1.165, 1.54) is 25.9 Å². The molecule has 1 heterocycles. The van der Waals surface area contributed by atoms with Gasteiger partial charge in [0.15, 0.2) is 0 Å². The van der Waals surface area contributed by atoms with Crippen molar-refractivity contribution in [2.45, 2.75) is 46.1 Å². The molecule has 0 aromatic heterocycles. The summed E-state index contributed by atoms with van der Waals surface area (Å²) >= 11 is 0. The first kappa shape index (κ1) is 12.9. The lowest BCUT2D eigenvalue weighted by Crippen LogP contribution is -2.51. The van der Waals surface area contributed by atoms with Gasteiger partial charge in [0.05, 0.1) is 0 Å². The maximum absolute atomic E-state index is 11.7. The van der Waals surface area contributed by atoms with Gasteiger partial charge in [0.1, 0.15) is 0 Å². The number of carbonyl (C=O) groups excluding carboxylic acids is 1. The van der Waals surface area contributed by atoms with Crippen molar-refractivity contribution in [1.29, 1.82) is 0 Å². The Balaban J connectivity index is 1.82. The monoisotopic (exact) mass is 238 g/mol. The number of hydrogen-bond donors (Lipinski definition) is 1. The molecule has 0 aromatic rings. The Morgan fingerprint density at radius 1 is 1.35 bits per heavy atom. The summed E-state index contributed by atoms with van der Waals surface area (Å²) in [5.41, 5.74) is 0. The Morgan fingerprint density at radius 2 is 2.06 bits per heavy atom. The van der Waals surface area contributed by atoms with Crippen LogP contribution in [0.25, 0.3) is 0 Å². The first-order chi connectivity index (χ1) is 8.04. The summed E-state index contributed by atoms with van der Waals surface area (Å²) in [7, 11) is 0. The van der Waals surface area contributed by atoms with E-state index in [1.807, 2.05) is 13.8 Å². The van der Waals surface area contributed by atoms with E-state index in [2.05, 4.69) is 17.1 Å². The van der Waals surface area contributed by atoms with Crippen molar-refractivity contribution in [1.82, 2.24) is 10.2 Å². The van der Waals surface area contributed by atoms with Crippen molar-refractivity contribution in [3.8, 4) is 0 Å². The number of nitrogens with one attached hydrogen (secondary N) is 1. The molecule has 0 spiro atoms. The van der Waals surface area contributed by atoms with Gasteiger partial charge >= 0.3 is 0 Å². The van der Waals surface area contributed by atoms with E-state index in [-0.39, 0.29) is 11.8 Å². The van der Waals surface area contributed by atoms with Crippen molar-refractivity contribution in [2.24, 2.45) is 17.8 Å². The van der Waals surface area contributed by atoms with Gasteiger partial charge in [-0.15, -0.1) is 0 Å². The SMILES string of the molecule is CC1CC(NC(=O)C(C)C)CN(CC2CC2)C1. The number of likely N-dealkylation sites (tertiary alicyclic amines) is 1. The fourth-order valence-corrected chi connectivity index (χ4v) is 2.75. The molecule has 0 bridgehead atoms. The minimum absolute atomic E-state index is 0.101. The van der Waals surface area contributed by atoms with Crippen LogP contribution in [-0.2, 0) is 4.79 Å². The second-order valence-electron chi connectivity index (χ2n) is 6.36. The third kappa shape index (κ3) is 3.98. The van der Waals surface area contributed by atoms with Crippen molar-refractivity contribution in [2.75, 3.05) is 19.6 Å². The van der Waals surface area contributed by atoms with Crippen LogP contribution in [0.2, 0.25) is 0 Å². The van der Waals surface area contributed by atoms with Crippen LogP contribution in [0.5, 0.6) is 0 Å². The fraction of sp³-hybridized carbons (Fsp3) is 0.929. The normalized spacial score (nSPS) is 30.6. The number of carbonyl (C=O) groups is 1. The number of piperidine rings is 1. The van der Waals surface area contributed by atoms with Crippen molar-refractivity contribution >= 4 is 5.91 Å². The summed E-state index contributed by atoms with van der Waals surface area (Å²) in [6, 6.07) is 0.368. The Hall–Kier alpha value is -0.570. The van der Waals surface area contributed by atoms with Crippen molar-refractivity contribution in [3.63, 3.8) is 0 Å². The van der Waals surface area contributed by atoms with Gasteiger partial charge in [0, 0.05) is 31.6 Å². The lowest BCUT2D eigenvalue weighted by Gasteiger charge is -2.37. The molecule has 2 atom stereocenters. The van der Waals surface area contributed by atoms with Crippen LogP contribution in [0.4, 0.5) is 0 Å². The predicted octanol–water partition coefficient (Wildman–Crippen LogP) is 1.88. The zero-order valence-corrected chi connectivity index (χ0v) is 11.4. The van der Waals surface area contributed by atoms with Crippen LogP contribution in [0.1, 0.15) is 40.0 Å². The van der Waals surface area contributed by atoms with Gasteiger partial charge in [-0.3, -0.25) is 4.79 Å². The Kier molecular flexibility index (Phi) is 4.08. The highest BCUT2D eigenvalue weighted by Crippen LogP contribution is 2.31. The van der Waals surface area contributed by atoms with Crippen LogP contribution in [-0.4, -0.2) is 36.5 Å². The number of amides is 1. The molecule has 1 aliphatic heterocycles. The molecule has 1 saturated heterocycles. The minimum atomic E-state index is 0.101. The molecule has 2 fully saturated rings. The molecule has 2 unspecified atom stereocenters. The van der Waals surface area contributed by atoms with Gasteiger partial charge in [0.25, 0.3) is 0 Å².